The zero-order valence-electron chi connectivity index (χ0n) is 12.3. The van der Waals surface area contributed by atoms with Gasteiger partial charge in [-0.1, -0.05) is 12.1 Å². The second kappa shape index (κ2) is 6.55. The van der Waals surface area contributed by atoms with Crippen molar-refractivity contribution in [2.75, 3.05) is 7.11 Å². The van der Waals surface area contributed by atoms with Crippen molar-refractivity contribution in [2.24, 2.45) is 0 Å². The zero-order valence-corrected chi connectivity index (χ0v) is 13.2. The van der Waals surface area contributed by atoms with Crippen LogP contribution < -0.4 is 4.74 Å². The van der Waals surface area contributed by atoms with Crippen LogP contribution in [0.2, 0.25) is 0 Å². The smallest absolute Gasteiger partial charge is 0.123 e. The van der Waals surface area contributed by atoms with E-state index in [1.165, 1.54) is 0 Å². The topological polar surface area (TPSA) is 50.1 Å². The van der Waals surface area contributed by atoms with Crippen LogP contribution in [0.1, 0.15) is 22.3 Å². The Labute approximate surface area is 127 Å². The number of rotatable bonds is 4. The molecule has 108 valence electrons. The fourth-order valence-electron chi connectivity index (χ4n) is 2.13. The highest BCUT2D eigenvalue weighted by molar-refractivity contribution is 7.84. The molecule has 2 aromatic carbocycles. The maximum absolute atomic E-state index is 12.6. The average molecular weight is 299 g/mol. The molecule has 3 nitrogen and oxygen atoms in total. The summed E-state index contributed by atoms with van der Waals surface area (Å²) in [5.74, 6) is 0.996. The summed E-state index contributed by atoms with van der Waals surface area (Å²) in [6, 6.07) is 13.2. The molecule has 0 N–H and O–H groups in total. The van der Waals surface area contributed by atoms with E-state index in [0.29, 0.717) is 17.1 Å². The number of hydrogen-bond acceptors (Lipinski definition) is 3. The van der Waals surface area contributed by atoms with Crippen molar-refractivity contribution in [3.8, 4) is 11.8 Å². The van der Waals surface area contributed by atoms with Crippen molar-refractivity contribution in [1.29, 1.82) is 5.26 Å². The lowest BCUT2D eigenvalue weighted by molar-refractivity contribution is 0.411. The lowest BCUT2D eigenvalue weighted by Gasteiger charge is -2.11. The monoisotopic (exact) mass is 299 g/mol. The molecule has 0 radical (unpaired) electrons. The SMILES string of the molecule is COc1ccc(C#N)cc1CS(=O)c1cc(C)ccc1C. The number of methoxy groups -OCH3 is 1. The van der Waals surface area contributed by atoms with Crippen molar-refractivity contribution in [2.45, 2.75) is 24.5 Å². The van der Waals surface area contributed by atoms with Crippen LogP contribution in [-0.2, 0) is 16.6 Å². The van der Waals surface area contributed by atoms with Crippen molar-refractivity contribution in [3.63, 3.8) is 0 Å². The van der Waals surface area contributed by atoms with Crippen molar-refractivity contribution >= 4 is 10.8 Å². The molecule has 0 aliphatic heterocycles. The van der Waals surface area contributed by atoms with E-state index in [1.807, 2.05) is 32.0 Å². The molecule has 0 bridgehead atoms. The summed E-state index contributed by atoms with van der Waals surface area (Å²) < 4.78 is 17.9. The maximum atomic E-state index is 12.6. The number of nitriles is 1. The number of hydrogen-bond donors (Lipinski definition) is 0. The van der Waals surface area contributed by atoms with E-state index in [9.17, 15) is 4.21 Å². The highest BCUT2D eigenvalue weighted by Gasteiger charge is 2.12. The van der Waals surface area contributed by atoms with Crippen LogP contribution in [0.5, 0.6) is 5.75 Å². The fourth-order valence-corrected chi connectivity index (χ4v) is 3.54. The van der Waals surface area contributed by atoms with Crippen LogP contribution in [-0.4, -0.2) is 11.3 Å². The van der Waals surface area contributed by atoms with Gasteiger partial charge in [0.1, 0.15) is 5.75 Å². The molecule has 2 aromatic rings. The molecule has 1 atom stereocenters. The molecule has 1 unspecified atom stereocenters. The molecule has 0 heterocycles. The van der Waals surface area contributed by atoms with Crippen molar-refractivity contribution in [3.05, 3.63) is 58.7 Å². The molecule has 0 aromatic heterocycles. The van der Waals surface area contributed by atoms with E-state index in [0.717, 1.165) is 21.6 Å². The van der Waals surface area contributed by atoms with Gasteiger partial charge < -0.3 is 4.74 Å². The van der Waals surface area contributed by atoms with Crippen LogP contribution in [0.3, 0.4) is 0 Å². The Morgan fingerprint density at radius 1 is 1.19 bits per heavy atom. The average Bonchev–Trinajstić information content (AvgIpc) is 2.49. The van der Waals surface area contributed by atoms with Gasteiger partial charge in [0.25, 0.3) is 0 Å². The van der Waals surface area contributed by atoms with Gasteiger partial charge in [0.2, 0.25) is 0 Å². The Balaban J connectivity index is 2.35. The summed E-state index contributed by atoms with van der Waals surface area (Å²) in [6.07, 6.45) is 0. The van der Waals surface area contributed by atoms with Crippen molar-refractivity contribution < 1.29 is 8.95 Å². The number of ether oxygens (including phenoxy) is 1. The molecule has 0 saturated heterocycles. The standard InChI is InChI=1S/C17H17NO2S/c1-12-4-5-13(2)17(8-12)21(19)11-15-9-14(10-18)6-7-16(15)20-3/h4-9H,11H2,1-3H3. The first-order valence-corrected chi connectivity index (χ1v) is 7.89. The van der Waals surface area contributed by atoms with Gasteiger partial charge in [0, 0.05) is 10.5 Å². The number of nitrogens with zero attached hydrogens (tertiary/aromatic N) is 1. The molecular formula is C17H17NO2S. The van der Waals surface area contributed by atoms with E-state index in [1.54, 1.807) is 25.3 Å². The minimum atomic E-state index is -1.17. The van der Waals surface area contributed by atoms with E-state index in [-0.39, 0.29) is 0 Å². The molecular weight excluding hydrogens is 282 g/mol. The largest absolute Gasteiger partial charge is 0.496 e. The predicted octanol–water partition coefficient (Wildman–Crippen LogP) is 3.49. The van der Waals surface area contributed by atoms with Gasteiger partial charge in [0.15, 0.2) is 0 Å². The third kappa shape index (κ3) is 3.50. The zero-order chi connectivity index (χ0) is 15.4. The quantitative estimate of drug-likeness (QED) is 0.868. The molecule has 0 amide bonds. The molecule has 0 saturated carbocycles. The Morgan fingerprint density at radius 2 is 1.95 bits per heavy atom. The molecule has 0 aliphatic rings. The van der Waals surface area contributed by atoms with Crippen LogP contribution in [0.15, 0.2) is 41.3 Å². The Kier molecular flexibility index (Phi) is 4.77. The minimum absolute atomic E-state index is 0.336. The van der Waals surface area contributed by atoms with Gasteiger partial charge in [-0.25, -0.2) is 0 Å². The van der Waals surface area contributed by atoms with E-state index in [2.05, 4.69) is 6.07 Å². The lowest BCUT2D eigenvalue weighted by atomic mass is 10.1. The summed E-state index contributed by atoms with van der Waals surface area (Å²) in [5.41, 5.74) is 3.43. The molecule has 2 rings (SSSR count). The highest BCUT2D eigenvalue weighted by atomic mass is 32.2. The first-order valence-electron chi connectivity index (χ1n) is 6.58. The Hall–Kier alpha value is -2.12. The summed E-state index contributed by atoms with van der Waals surface area (Å²) in [7, 11) is 0.407. The van der Waals surface area contributed by atoms with Crippen molar-refractivity contribution in [1.82, 2.24) is 0 Å². The summed E-state index contributed by atoms with van der Waals surface area (Å²) in [5, 5.41) is 8.99. The van der Waals surface area contributed by atoms with Crippen LogP contribution in [0.4, 0.5) is 0 Å². The van der Waals surface area contributed by atoms with Gasteiger partial charge in [-0.3, -0.25) is 4.21 Å². The van der Waals surface area contributed by atoms with E-state index >= 15 is 0 Å². The molecule has 0 spiro atoms. The predicted molar refractivity (Wildman–Crippen MR) is 83.7 cm³/mol. The summed E-state index contributed by atoms with van der Waals surface area (Å²) in [4.78, 5) is 0.833. The van der Waals surface area contributed by atoms with Gasteiger partial charge in [0.05, 0.1) is 35.3 Å². The minimum Gasteiger partial charge on any atom is -0.496 e. The number of aryl methyl sites for hydroxylation is 2. The third-order valence-corrected chi connectivity index (χ3v) is 4.79. The first kappa shape index (κ1) is 15.3. The lowest BCUT2D eigenvalue weighted by Crippen LogP contribution is -2.02. The van der Waals surface area contributed by atoms with E-state index in [4.69, 9.17) is 10.00 Å². The Bertz CT molecular complexity index is 732. The van der Waals surface area contributed by atoms with Crippen LogP contribution in [0, 0.1) is 25.2 Å². The van der Waals surface area contributed by atoms with Gasteiger partial charge >= 0.3 is 0 Å². The second-order valence-electron chi connectivity index (χ2n) is 4.90. The summed E-state index contributed by atoms with van der Waals surface area (Å²) in [6.45, 7) is 3.94. The normalized spacial score (nSPS) is 11.7. The van der Waals surface area contributed by atoms with Gasteiger partial charge in [-0.2, -0.15) is 5.26 Å². The maximum Gasteiger partial charge on any atom is 0.123 e. The molecule has 0 aliphatic carbocycles. The summed E-state index contributed by atoms with van der Waals surface area (Å²) >= 11 is 0. The molecule has 21 heavy (non-hydrogen) atoms. The molecule has 4 heteroatoms. The highest BCUT2D eigenvalue weighted by Crippen LogP contribution is 2.24. The second-order valence-corrected chi connectivity index (χ2v) is 6.32. The Morgan fingerprint density at radius 3 is 2.62 bits per heavy atom. The third-order valence-electron chi connectivity index (χ3n) is 3.29. The fraction of sp³-hybridized carbons (Fsp3) is 0.235. The van der Waals surface area contributed by atoms with E-state index < -0.39 is 10.8 Å². The van der Waals surface area contributed by atoms with Gasteiger partial charge in [-0.05, 0) is 49.2 Å². The molecule has 0 fully saturated rings. The van der Waals surface area contributed by atoms with Gasteiger partial charge in [-0.15, -0.1) is 0 Å². The number of benzene rings is 2. The van der Waals surface area contributed by atoms with Crippen LogP contribution >= 0.6 is 0 Å². The van der Waals surface area contributed by atoms with Crippen LogP contribution in [0.25, 0.3) is 0 Å². The first-order chi connectivity index (χ1) is 10.0.